The molecule has 0 N–H and O–H groups in total. The molecule has 0 unspecified atom stereocenters. The van der Waals surface area contributed by atoms with Crippen LogP contribution in [0.25, 0.3) is 0 Å². The van der Waals surface area contributed by atoms with E-state index < -0.39 is 0 Å². The van der Waals surface area contributed by atoms with Gasteiger partial charge < -0.3 is 4.42 Å². The molecule has 0 spiro atoms. The summed E-state index contributed by atoms with van der Waals surface area (Å²) >= 11 is 0. The van der Waals surface area contributed by atoms with Gasteiger partial charge in [0, 0.05) is 13.2 Å². The molecule has 0 aliphatic heterocycles. The lowest BCUT2D eigenvalue weighted by atomic mass is 10.1. The third-order valence-corrected chi connectivity index (χ3v) is 1.94. The van der Waals surface area contributed by atoms with Gasteiger partial charge in [-0.15, -0.1) is 0 Å². The highest BCUT2D eigenvalue weighted by Crippen LogP contribution is 2.06. The van der Waals surface area contributed by atoms with Crippen LogP contribution < -0.4 is 0 Å². The monoisotopic (exact) mass is 190 g/mol. The second kappa shape index (κ2) is 3.49. The molecule has 2 aromatic heterocycles. The lowest BCUT2D eigenvalue weighted by molar-refractivity contribution is 0.0987. The smallest absolute Gasteiger partial charge is 0.173 e. The number of Topliss-reactive ketones (excluding diaryl/α,β-unsaturated/α-hetero) is 1. The Morgan fingerprint density at radius 3 is 3.07 bits per heavy atom. The van der Waals surface area contributed by atoms with E-state index in [0.29, 0.717) is 17.7 Å². The Hall–Kier alpha value is -1.84. The van der Waals surface area contributed by atoms with Crippen LogP contribution in [0.1, 0.15) is 16.1 Å². The zero-order chi connectivity index (χ0) is 9.97. The van der Waals surface area contributed by atoms with Crippen LogP contribution in [0.15, 0.2) is 35.2 Å². The number of hydrogen-bond donors (Lipinski definition) is 0. The van der Waals surface area contributed by atoms with Gasteiger partial charge in [0.1, 0.15) is 5.76 Å². The third-order valence-electron chi connectivity index (χ3n) is 1.94. The molecule has 4 heteroatoms. The van der Waals surface area contributed by atoms with E-state index in [-0.39, 0.29) is 5.78 Å². The number of furan rings is 1. The number of ketones is 1. The molecule has 0 aliphatic rings. The Kier molecular flexibility index (Phi) is 2.18. The summed E-state index contributed by atoms with van der Waals surface area (Å²) < 4.78 is 6.69. The standard InChI is InChI=1S/C10H10N2O2/c1-12-7-8(6-11-12)10(13)5-9-3-2-4-14-9/h2-4,6-7H,5H2,1H3. The number of nitrogens with zero attached hydrogens (tertiary/aromatic N) is 2. The highest BCUT2D eigenvalue weighted by molar-refractivity contribution is 5.96. The lowest BCUT2D eigenvalue weighted by Gasteiger charge is -1.92. The Balaban J connectivity index is 2.10. The van der Waals surface area contributed by atoms with E-state index in [1.807, 2.05) is 0 Å². The van der Waals surface area contributed by atoms with Crippen LogP contribution in [-0.4, -0.2) is 15.6 Å². The fourth-order valence-corrected chi connectivity index (χ4v) is 1.24. The van der Waals surface area contributed by atoms with E-state index in [1.165, 1.54) is 0 Å². The third kappa shape index (κ3) is 1.74. The zero-order valence-corrected chi connectivity index (χ0v) is 7.80. The summed E-state index contributed by atoms with van der Waals surface area (Å²) in [5.41, 5.74) is 0.615. The minimum absolute atomic E-state index is 0.0213. The molecule has 4 nitrogen and oxygen atoms in total. The van der Waals surface area contributed by atoms with Gasteiger partial charge >= 0.3 is 0 Å². The largest absolute Gasteiger partial charge is 0.469 e. The summed E-state index contributed by atoms with van der Waals surface area (Å²) in [5.74, 6) is 0.701. The van der Waals surface area contributed by atoms with Gasteiger partial charge in [0.05, 0.1) is 24.4 Å². The van der Waals surface area contributed by atoms with Crippen molar-refractivity contribution in [2.45, 2.75) is 6.42 Å². The van der Waals surface area contributed by atoms with E-state index in [0.717, 1.165) is 0 Å². The van der Waals surface area contributed by atoms with Gasteiger partial charge in [-0.3, -0.25) is 9.48 Å². The number of aryl methyl sites for hydroxylation is 1. The normalized spacial score (nSPS) is 10.4. The SMILES string of the molecule is Cn1cc(C(=O)Cc2ccco2)cn1. The maximum atomic E-state index is 11.6. The first-order valence-corrected chi connectivity index (χ1v) is 4.30. The molecule has 0 amide bonds. The molecule has 0 saturated carbocycles. The van der Waals surface area contributed by atoms with Crippen molar-refractivity contribution in [3.05, 3.63) is 42.1 Å². The van der Waals surface area contributed by atoms with Gasteiger partial charge in [-0.25, -0.2) is 0 Å². The van der Waals surface area contributed by atoms with Crippen LogP contribution in [0.4, 0.5) is 0 Å². The van der Waals surface area contributed by atoms with Crippen LogP contribution >= 0.6 is 0 Å². The van der Waals surface area contributed by atoms with Gasteiger partial charge in [-0.1, -0.05) is 0 Å². The van der Waals surface area contributed by atoms with Gasteiger partial charge in [0.25, 0.3) is 0 Å². The summed E-state index contributed by atoms with van der Waals surface area (Å²) in [6, 6.07) is 3.56. The summed E-state index contributed by atoms with van der Waals surface area (Å²) in [7, 11) is 1.78. The highest BCUT2D eigenvalue weighted by atomic mass is 16.3. The van der Waals surface area contributed by atoms with Crippen LogP contribution in [0.5, 0.6) is 0 Å². The van der Waals surface area contributed by atoms with Gasteiger partial charge in [0.2, 0.25) is 0 Å². The van der Waals surface area contributed by atoms with E-state index in [4.69, 9.17) is 4.42 Å². The summed E-state index contributed by atoms with van der Waals surface area (Å²) in [6.45, 7) is 0. The van der Waals surface area contributed by atoms with Crippen LogP contribution in [0.3, 0.4) is 0 Å². The average Bonchev–Trinajstić information content (AvgIpc) is 2.75. The molecule has 2 heterocycles. The van der Waals surface area contributed by atoms with Crippen molar-refractivity contribution >= 4 is 5.78 Å². The van der Waals surface area contributed by atoms with Crippen molar-refractivity contribution in [2.24, 2.45) is 7.05 Å². The quantitative estimate of drug-likeness (QED) is 0.688. The Morgan fingerprint density at radius 2 is 2.50 bits per heavy atom. The molecular weight excluding hydrogens is 180 g/mol. The fourth-order valence-electron chi connectivity index (χ4n) is 1.24. The van der Waals surface area contributed by atoms with Crippen LogP contribution in [0, 0.1) is 0 Å². The topological polar surface area (TPSA) is 48.0 Å². The second-order valence-electron chi connectivity index (χ2n) is 3.08. The van der Waals surface area contributed by atoms with Crippen LogP contribution in [0.2, 0.25) is 0 Å². The first kappa shape index (κ1) is 8.74. The molecule has 0 atom stereocenters. The van der Waals surface area contributed by atoms with Crippen molar-refractivity contribution in [3.8, 4) is 0 Å². The van der Waals surface area contributed by atoms with Gasteiger partial charge in [0.15, 0.2) is 5.78 Å². The van der Waals surface area contributed by atoms with Crippen molar-refractivity contribution < 1.29 is 9.21 Å². The second-order valence-corrected chi connectivity index (χ2v) is 3.08. The van der Waals surface area contributed by atoms with E-state index >= 15 is 0 Å². The van der Waals surface area contributed by atoms with E-state index in [9.17, 15) is 4.79 Å². The summed E-state index contributed by atoms with van der Waals surface area (Å²) in [4.78, 5) is 11.6. The maximum absolute atomic E-state index is 11.6. The van der Waals surface area contributed by atoms with Crippen LogP contribution in [-0.2, 0) is 13.5 Å². The predicted octanol–water partition coefficient (Wildman–Crippen LogP) is 1.44. The Morgan fingerprint density at radius 1 is 1.64 bits per heavy atom. The Bertz CT molecular complexity index is 429. The maximum Gasteiger partial charge on any atom is 0.173 e. The van der Waals surface area contributed by atoms with Gasteiger partial charge in [-0.2, -0.15) is 5.10 Å². The number of hydrogen-bond acceptors (Lipinski definition) is 3. The molecule has 0 aliphatic carbocycles. The van der Waals surface area contributed by atoms with Crippen molar-refractivity contribution in [1.82, 2.24) is 9.78 Å². The van der Waals surface area contributed by atoms with Crippen molar-refractivity contribution in [3.63, 3.8) is 0 Å². The van der Waals surface area contributed by atoms with Crippen molar-refractivity contribution in [2.75, 3.05) is 0 Å². The molecule has 14 heavy (non-hydrogen) atoms. The Labute approximate surface area is 81.1 Å². The number of carbonyl (C=O) groups excluding carboxylic acids is 1. The molecular formula is C10H10N2O2. The number of aromatic nitrogens is 2. The first-order valence-electron chi connectivity index (χ1n) is 4.30. The minimum atomic E-state index is 0.0213. The van der Waals surface area contributed by atoms with Gasteiger partial charge in [-0.05, 0) is 12.1 Å². The molecule has 2 rings (SSSR count). The van der Waals surface area contributed by atoms with Crippen molar-refractivity contribution in [1.29, 1.82) is 0 Å². The average molecular weight is 190 g/mol. The fraction of sp³-hybridized carbons (Fsp3) is 0.200. The highest BCUT2D eigenvalue weighted by Gasteiger charge is 2.10. The summed E-state index contributed by atoms with van der Waals surface area (Å²) in [5, 5.41) is 3.93. The molecule has 72 valence electrons. The minimum Gasteiger partial charge on any atom is -0.469 e. The van der Waals surface area contributed by atoms with E-state index in [2.05, 4.69) is 5.10 Å². The number of rotatable bonds is 3. The molecule has 0 saturated heterocycles. The molecule has 0 fully saturated rings. The molecule has 0 bridgehead atoms. The molecule has 0 radical (unpaired) electrons. The lowest BCUT2D eigenvalue weighted by Crippen LogP contribution is -2.01. The number of carbonyl (C=O) groups is 1. The summed E-state index contributed by atoms with van der Waals surface area (Å²) in [6.07, 6.45) is 5.11. The predicted molar refractivity (Wildman–Crippen MR) is 50.0 cm³/mol. The van der Waals surface area contributed by atoms with E-state index in [1.54, 1.807) is 42.5 Å². The zero-order valence-electron chi connectivity index (χ0n) is 7.80. The molecule has 2 aromatic rings. The molecule has 0 aromatic carbocycles. The first-order chi connectivity index (χ1) is 6.75.